The Morgan fingerprint density at radius 1 is 1.23 bits per heavy atom. The summed E-state index contributed by atoms with van der Waals surface area (Å²) in [6.45, 7) is 1.50. The molecule has 1 atom stereocenters. The number of nitrogens with zero attached hydrogens (tertiary/aromatic N) is 3. The van der Waals surface area contributed by atoms with Crippen molar-refractivity contribution in [2.45, 2.75) is 23.5 Å². The van der Waals surface area contributed by atoms with Crippen molar-refractivity contribution in [2.75, 3.05) is 11.2 Å². The number of carbonyl (C=O) groups is 1. The highest BCUT2D eigenvalue weighted by Gasteiger charge is 2.31. The lowest BCUT2D eigenvalue weighted by atomic mass is 10.2. The number of benzene rings is 2. The number of nitrogens with one attached hydrogen (secondary N) is 1. The van der Waals surface area contributed by atoms with Crippen LogP contribution in [-0.4, -0.2) is 26.0 Å². The molecule has 158 valence electrons. The van der Waals surface area contributed by atoms with Crippen molar-refractivity contribution in [1.82, 2.24) is 14.9 Å². The number of amides is 1. The first kappa shape index (κ1) is 21.9. The molecule has 30 heavy (non-hydrogen) atoms. The third kappa shape index (κ3) is 4.68. The maximum atomic E-state index is 14.0. The fourth-order valence-corrected chi connectivity index (χ4v) is 3.36. The fourth-order valence-electron chi connectivity index (χ4n) is 2.43. The Labute approximate surface area is 177 Å². The van der Waals surface area contributed by atoms with Crippen LogP contribution in [-0.2, 0) is 11.0 Å². The lowest BCUT2D eigenvalue weighted by Crippen LogP contribution is -2.24. The summed E-state index contributed by atoms with van der Waals surface area (Å²) in [5.74, 6) is 4.81. The zero-order valence-electron chi connectivity index (χ0n) is 15.2. The summed E-state index contributed by atoms with van der Waals surface area (Å²) in [6.07, 6.45) is -4.58. The predicted molar refractivity (Wildman–Crippen MR) is 106 cm³/mol. The van der Waals surface area contributed by atoms with Crippen molar-refractivity contribution in [2.24, 2.45) is 0 Å². The van der Waals surface area contributed by atoms with Gasteiger partial charge in [-0.3, -0.25) is 4.79 Å². The first-order valence-corrected chi connectivity index (χ1v) is 9.63. The minimum atomic E-state index is -4.58. The van der Waals surface area contributed by atoms with Crippen LogP contribution in [0.15, 0.2) is 47.6 Å². The predicted octanol–water partition coefficient (Wildman–Crippen LogP) is 4.59. The topological polar surface area (TPSA) is 85.8 Å². The molecule has 0 saturated carbocycles. The minimum absolute atomic E-state index is 0.0441. The van der Waals surface area contributed by atoms with Crippen LogP contribution in [0, 0.1) is 5.82 Å². The molecule has 1 heterocycles. The van der Waals surface area contributed by atoms with Crippen LogP contribution in [0.2, 0.25) is 5.02 Å². The van der Waals surface area contributed by atoms with Gasteiger partial charge in [0.15, 0.2) is 5.82 Å². The normalized spacial score (nSPS) is 12.6. The molecule has 6 nitrogen and oxygen atoms in total. The number of aromatic nitrogens is 3. The zero-order valence-corrected chi connectivity index (χ0v) is 16.8. The first-order valence-electron chi connectivity index (χ1n) is 8.37. The van der Waals surface area contributed by atoms with Gasteiger partial charge in [0.1, 0.15) is 5.82 Å². The molecule has 3 aromatic rings. The first-order chi connectivity index (χ1) is 14.1. The highest BCUT2D eigenvalue weighted by atomic mass is 35.5. The van der Waals surface area contributed by atoms with Gasteiger partial charge in [0.2, 0.25) is 11.1 Å². The summed E-state index contributed by atoms with van der Waals surface area (Å²) in [5.41, 5.74) is -0.990. The Balaban J connectivity index is 1.75. The number of halogens is 5. The third-order valence-electron chi connectivity index (χ3n) is 3.98. The summed E-state index contributed by atoms with van der Waals surface area (Å²) in [5, 5.41) is 9.31. The smallest absolute Gasteiger partial charge is 0.335 e. The molecule has 3 N–H and O–H groups in total. The fraction of sp³-hybridized carbons (Fsp3) is 0.167. The zero-order chi connectivity index (χ0) is 22.1. The van der Waals surface area contributed by atoms with Crippen molar-refractivity contribution < 1.29 is 22.4 Å². The van der Waals surface area contributed by atoms with E-state index in [4.69, 9.17) is 17.4 Å². The Kier molecular flexibility index (Phi) is 6.22. The Morgan fingerprint density at radius 2 is 1.93 bits per heavy atom. The third-order valence-corrected chi connectivity index (χ3v) is 5.37. The van der Waals surface area contributed by atoms with Crippen LogP contribution in [0.4, 0.5) is 23.2 Å². The second-order valence-electron chi connectivity index (χ2n) is 6.10. The number of rotatable bonds is 5. The molecule has 0 unspecified atom stereocenters. The number of hydrogen-bond donors (Lipinski definition) is 2. The number of thioether (sulfide) groups is 1. The molecule has 0 radical (unpaired) electrons. The van der Waals surface area contributed by atoms with Crippen molar-refractivity contribution >= 4 is 35.0 Å². The van der Waals surface area contributed by atoms with Crippen molar-refractivity contribution in [3.8, 4) is 11.4 Å². The largest absolute Gasteiger partial charge is 0.416 e. The van der Waals surface area contributed by atoms with Gasteiger partial charge >= 0.3 is 6.18 Å². The standard InChI is InChI=1S/C18H14ClF4N5OS/c1-9(16(29)25-14-8-10(18(21,22)23)6-7-12(14)19)30-17-27-26-15(28(17)24)11-4-2-3-5-13(11)20/h2-9H,24H2,1H3,(H,25,29)/t9-/m0/s1. The molecular formula is C18H14ClF4N5OS. The average molecular weight is 460 g/mol. The van der Waals surface area contributed by atoms with E-state index in [2.05, 4.69) is 15.5 Å². The molecule has 0 aliphatic heterocycles. The molecule has 0 bridgehead atoms. The summed E-state index contributed by atoms with van der Waals surface area (Å²) in [4.78, 5) is 12.4. The van der Waals surface area contributed by atoms with Crippen LogP contribution in [0.25, 0.3) is 11.4 Å². The maximum Gasteiger partial charge on any atom is 0.416 e. The number of alkyl halides is 3. The van der Waals surface area contributed by atoms with Gasteiger partial charge in [0.05, 0.1) is 27.1 Å². The molecule has 3 rings (SSSR count). The molecular weight excluding hydrogens is 446 g/mol. The van der Waals surface area contributed by atoms with E-state index in [1.165, 1.54) is 25.1 Å². The summed E-state index contributed by atoms with van der Waals surface area (Å²) >= 11 is 6.79. The van der Waals surface area contributed by atoms with E-state index in [-0.39, 0.29) is 27.3 Å². The highest BCUT2D eigenvalue weighted by Crippen LogP contribution is 2.34. The van der Waals surface area contributed by atoms with Crippen LogP contribution < -0.4 is 11.2 Å². The lowest BCUT2D eigenvalue weighted by molar-refractivity contribution is -0.137. The van der Waals surface area contributed by atoms with Crippen molar-refractivity contribution in [3.05, 3.63) is 58.9 Å². The van der Waals surface area contributed by atoms with Gasteiger partial charge in [0, 0.05) is 0 Å². The second-order valence-corrected chi connectivity index (χ2v) is 7.81. The van der Waals surface area contributed by atoms with Crippen LogP contribution in [0.5, 0.6) is 0 Å². The monoisotopic (exact) mass is 459 g/mol. The Bertz CT molecular complexity index is 1090. The number of nitrogens with two attached hydrogens (primary N) is 1. The van der Waals surface area contributed by atoms with Gasteiger partial charge in [-0.05, 0) is 37.3 Å². The molecule has 0 aliphatic carbocycles. The number of carbonyl (C=O) groups excluding carboxylic acids is 1. The molecule has 1 amide bonds. The van der Waals surface area contributed by atoms with E-state index in [9.17, 15) is 22.4 Å². The van der Waals surface area contributed by atoms with Crippen LogP contribution in [0.3, 0.4) is 0 Å². The summed E-state index contributed by atoms with van der Waals surface area (Å²) < 4.78 is 53.6. The molecule has 0 fully saturated rings. The van der Waals surface area contributed by atoms with Gasteiger partial charge in [-0.2, -0.15) is 13.2 Å². The van der Waals surface area contributed by atoms with Crippen molar-refractivity contribution in [3.63, 3.8) is 0 Å². The van der Waals surface area contributed by atoms with Crippen molar-refractivity contribution in [1.29, 1.82) is 0 Å². The molecule has 0 spiro atoms. The van der Waals surface area contributed by atoms with E-state index in [1.54, 1.807) is 6.07 Å². The van der Waals surface area contributed by atoms with E-state index in [1.807, 2.05) is 0 Å². The number of anilines is 1. The quantitative estimate of drug-likeness (QED) is 0.331. The Hall–Kier alpha value is -2.79. The number of nitrogen functional groups attached to an aromatic ring is 1. The van der Waals surface area contributed by atoms with E-state index in [0.717, 1.165) is 34.6 Å². The molecule has 0 saturated heterocycles. The number of hydrogen-bond acceptors (Lipinski definition) is 5. The van der Waals surface area contributed by atoms with Crippen LogP contribution >= 0.6 is 23.4 Å². The second kappa shape index (κ2) is 8.52. The maximum absolute atomic E-state index is 14.0. The highest BCUT2D eigenvalue weighted by molar-refractivity contribution is 8.00. The van der Waals surface area contributed by atoms with E-state index in [0.29, 0.717) is 0 Å². The molecule has 2 aromatic carbocycles. The SMILES string of the molecule is C[C@H](Sc1nnc(-c2ccccc2F)n1N)C(=O)Nc1cc(C(F)(F)F)ccc1Cl. The Morgan fingerprint density at radius 3 is 2.60 bits per heavy atom. The molecule has 1 aromatic heterocycles. The van der Waals surface area contributed by atoms with Gasteiger partial charge in [0.25, 0.3) is 0 Å². The van der Waals surface area contributed by atoms with Gasteiger partial charge in [-0.15, -0.1) is 10.2 Å². The molecule has 12 heteroatoms. The average Bonchev–Trinajstić information content (AvgIpc) is 3.03. The van der Waals surface area contributed by atoms with E-state index < -0.39 is 28.7 Å². The summed E-state index contributed by atoms with van der Waals surface area (Å²) in [6, 6.07) is 8.45. The van der Waals surface area contributed by atoms with Gasteiger partial charge in [-0.25, -0.2) is 9.07 Å². The van der Waals surface area contributed by atoms with E-state index >= 15 is 0 Å². The van der Waals surface area contributed by atoms with Gasteiger partial charge in [-0.1, -0.05) is 35.5 Å². The minimum Gasteiger partial charge on any atom is -0.335 e. The molecule has 0 aliphatic rings. The summed E-state index contributed by atoms with van der Waals surface area (Å²) in [7, 11) is 0. The van der Waals surface area contributed by atoms with Gasteiger partial charge < -0.3 is 11.2 Å². The van der Waals surface area contributed by atoms with Crippen LogP contribution in [0.1, 0.15) is 12.5 Å². The lowest BCUT2D eigenvalue weighted by Gasteiger charge is -2.14.